The van der Waals surface area contributed by atoms with Crippen LogP contribution in [-0.2, 0) is 12.5 Å². The predicted molar refractivity (Wildman–Crippen MR) is 80.3 cm³/mol. The number of nitrogens with two attached hydrogens (primary N) is 1. The third kappa shape index (κ3) is 2.10. The Morgan fingerprint density at radius 2 is 2.14 bits per heavy atom. The van der Waals surface area contributed by atoms with Gasteiger partial charge in [0, 0.05) is 19.2 Å². The number of nitriles is 2. The van der Waals surface area contributed by atoms with Gasteiger partial charge < -0.3 is 10.3 Å². The van der Waals surface area contributed by atoms with Crippen molar-refractivity contribution in [3.05, 3.63) is 41.5 Å². The molecule has 1 aliphatic rings. The van der Waals surface area contributed by atoms with Crippen molar-refractivity contribution >= 4 is 5.69 Å². The van der Waals surface area contributed by atoms with Crippen LogP contribution in [0, 0.1) is 28.6 Å². The first kappa shape index (κ1) is 14.1. The van der Waals surface area contributed by atoms with Gasteiger partial charge in [-0.05, 0) is 42.5 Å². The molecule has 22 heavy (non-hydrogen) atoms. The van der Waals surface area contributed by atoms with Crippen molar-refractivity contribution < 1.29 is 0 Å². The molecular formula is C16H16N6. The molecule has 0 radical (unpaired) electrons. The fraction of sp³-hybridized carbons (Fsp3) is 0.375. The average Bonchev–Trinajstić information content (AvgIpc) is 2.88. The van der Waals surface area contributed by atoms with Crippen LogP contribution in [0.5, 0.6) is 0 Å². The highest BCUT2D eigenvalue weighted by molar-refractivity contribution is 5.53. The Balaban J connectivity index is 2.09. The van der Waals surface area contributed by atoms with Crippen LogP contribution >= 0.6 is 0 Å². The van der Waals surface area contributed by atoms with Crippen LogP contribution in [0.3, 0.4) is 0 Å². The van der Waals surface area contributed by atoms with Gasteiger partial charge in [-0.1, -0.05) is 0 Å². The number of hydrogen-bond donors (Lipinski definition) is 1. The Morgan fingerprint density at radius 1 is 1.36 bits per heavy atom. The van der Waals surface area contributed by atoms with E-state index in [0.29, 0.717) is 23.6 Å². The third-order valence-electron chi connectivity index (χ3n) is 4.43. The van der Waals surface area contributed by atoms with Crippen LogP contribution < -0.4 is 5.73 Å². The zero-order valence-electron chi connectivity index (χ0n) is 12.3. The van der Waals surface area contributed by atoms with Gasteiger partial charge in [-0.3, -0.25) is 0 Å². The van der Waals surface area contributed by atoms with Crippen molar-refractivity contribution in [1.29, 1.82) is 10.5 Å². The van der Waals surface area contributed by atoms with Crippen LogP contribution in [-0.4, -0.2) is 14.8 Å². The standard InChI is InChI=1S/C16H16N6/c1-22-10-20-21-15(22)16(7-11(8-16)2-3-17)13-4-12(9-18)5-14(19)6-13/h4-6,10-11H,2,7-8,19H2,1H3. The van der Waals surface area contributed by atoms with Gasteiger partial charge in [0.25, 0.3) is 0 Å². The number of benzene rings is 1. The van der Waals surface area contributed by atoms with E-state index in [1.807, 2.05) is 23.7 Å². The lowest BCUT2D eigenvalue weighted by Crippen LogP contribution is -2.44. The van der Waals surface area contributed by atoms with Gasteiger partial charge in [0.05, 0.1) is 23.1 Å². The van der Waals surface area contributed by atoms with E-state index < -0.39 is 0 Å². The maximum atomic E-state index is 9.18. The summed E-state index contributed by atoms with van der Waals surface area (Å²) < 4.78 is 1.90. The number of nitrogens with zero attached hydrogens (tertiary/aromatic N) is 5. The Morgan fingerprint density at radius 3 is 2.73 bits per heavy atom. The Kier molecular flexibility index (Phi) is 3.30. The van der Waals surface area contributed by atoms with E-state index >= 15 is 0 Å². The first-order valence-electron chi connectivity index (χ1n) is 7.11. The number of anilines is 1. The molecule has 6 nitrogen and oxygen atoms in total. The van der Waals surface area contributed by atoms with Crippen LogP contribution in [0.15, 0.2) is 24.5 Å². The molecule has 0 amide bonds. The Labute approximate surface area is 128 Å². The van der Waals surface area contributed by atoms with E-state index in [2.05, 4.69) is 22.3 Å². The molecule has 2 N–H and O–H groups in total. The summed E-state index contributed by atoms with van der Waals surface area (Å²) in [4.78, 5) is 0. The number of aromatic nitrogens is 3. The molecule has 0 unspecified atom stereocenters. The minimum Gasteiger partial charge on any atom is -0.399 e. The molecule has 0 spiro atoms. The van der Waals surface area contributed by atoms with E-state index in [0.717, 1.165) is 24.2 Å². The second-order valence-electron chi connectivity index (χ2n) is 5.94. The van der Waals surface area contributed by atoms with Crippen LogP contribution in [0.1, 0.15) is 36.2 Å². The van der Waals surface area contributed by atoms with Gasteiger partial charge in [-0.15, -0.1) is 10.2 Å². The lowest BCUT2D eigenvalue weighted by molar-refractivity contribution is 0.172. The van der Waals surface area contributed by atoms with E-state index in [-0.39, 0.29) is 5.41 Å². The molecule has 6 heteroatoms. The van der Waals surface area contributed by atoms with Gasteiger partial charge in [0.2, 0.25) is 0 Å². The molecule has 1 aromatic heterocycles. The molecule has 0 aliphatic heterocycles. The summed E-state index contributed by atoms with van der Waals surface area (Å²) in [6.45, 7) is 0. The van der Waals surface area contributed by atoms with E-state index in [1.165, 1.54) is 0 Å². The lowest BCUT2D eigenvalue weighted by Gasteiger charge is -2.46. The molecule has 1 aromatic carbocycles. The molecule has 110 valence electrons. The largest absolute Gasteiger partial charge is 0.399 e. The third-order valence-corrected chi connectivity index (χ3v) is 4.43. The molecule has 0 saturated heterocycles. The van der Waals surface area contributed by atoms with Crippen molar-refractivity contribution in [2.24, 2.45) is 13.0 Å². The molecular weight excluding hydrogens is 276 g/mol. The number of rotatable bonds is 3. The van der Waals surface area contributed by atoms with Gasteiger partial charge >= 0.3 is 0 Å². The normalized spacial score (nSPS) is 23.3. The minimum absolute atomic E-state index is 0.312. The van der Waals surface area contributed by atoms with Gasteiger partial charge in [0.1, 0.15) is 12.2 Å². The lowest BCUT2D eigenvalue weighted by atomic mass is 9.57. The summed E-state index contributed by atoms with van der Waals surface area (Å²) in [7, 11) is 1.91. The summed E-state index contributed by atoms with van der Waals surface area (Å²) in [5.74, 6) is 1.20. The van der Waals surface area contributed by atoms with Crippen molar-refractivity contribution in [2.45, 2.75) is 24.7 Å². The molecule has 2 aromatic rings. The SMILES string of the molecule is Cn1cnnc1C1(c2cc(N)cc(C#N)c2)CC(CC#N)C1. The Hall–Kier alpha value is -2.86. The van der Waals surface area contributed by atoms with Crippen molar-refractivity contribution in [3.8, 4) is 12.1 Å². The maximum Gasteiger partial charge on any atom is 0.143 e. The summed E-state index contributed by atoms with van der Waals surface area (Å²) in [5, 5.41) is 26.3. The van der Waals surface area contributed by atoms with E-state index in [1.54, 1.807) is 12.4 Å². The highest BCUT2D eigenvalue weighted by atomic mass is 15.3. The summed E-state index contributed by atoms with van der Waals surface area (Å²) in [6.07, 6.45) is 3.85. The zero-order chi connectivity index (χ0) is 15.7. The number of nitrogen functional groups attached to an aromatic ring is 1. The smallest absolute Gasteiger partial charge is 0.143 e. The summed E-state index contributed by atoms with van der Waals surface area (Å²) in [5.41, 5.74) is 7.73. The van der Waals surface area contributed by atoms with Gasteiger partial charge in [0.15, 0.2) is 0 Å². The van der Waals surface area contributed by atoms with Crippen LogP contribution in [0.2, 0.25) is 0 Å². The maximum absolute atomic E-state index is 9.18. The van der Waals surface area contributed by atoms with E-state index in [4.69, 9.17) is 11.0 Å². The summed E-state index contributed by atoms with van der Waals surface area (Å²) in [6, 6.07) is 9.82. The molecule has 3 rings (SSSR count). The zero-order valence-corrected chi connectivity index (χ0v) is 12.3. The first-order chi connectivity index (χ1) is 10.6. The fourth-order valence-electron chi connectivity index (χ4n) is 3.46. The molecule has 0 bridgehead atoms. The van der Waals surface area contributed by atoms with Gasteiger partial charge in [-0.25, -0.2) is 0 Å². The van der Waals surface area contributed by atoms with E-state index in [9.17, 15) is 5.26 Å². The average molecular weight is 292 g/mol. The second-order valence-corrected chi connectivity index (χ2v) is 5.94. The molecule has 0 atom stereocenters. The van der Waals surface area contributed by atoms with Crippen molar-refractivity contribution in [3.63, 3.8) is 0 Å². The Bertz CT molecular complexity index is 786. The van der Waals surface area contributed by atoms with Crippen LogP contribution in [0.4, 0.5) is 5.69 Å². The first-order valence-corrected chi connectivity index (χ1v) is 7.11. The highest BCUT2D eigenvalue weighted by Gasteiger charge is 2.49. The van der Waals surface area contributed by atoms with Crippen molar-refractivity contribution in [2.75, 3.05) is 5.73 Å². The quantitative estimate of drug-likeness (QED) is 0.870. The predicted octanol–water partition coefficient (Wildman–Crippen LogP) is 1.88. The minimum atomic E-state index is -0.312. The summed E-state index contributed by atoms with van der Waals surface area (Å²) >= 11 is 0. The monoisotopic (exact) mass is 292 g/mol. The molecule has 1 fully saturated rings. The highest BCUT2D eigenvalue weighted by Crippen LogP contribution is 2.53. The second kappa shape index (κ2) is 5.16. The molecule has 1 aliphatic carbocycles. The number of aryl methyl sites for hydroxylation is 1. The van der Waals surface area contributed by atoms with Crippen molar-refractivity contribution in [1.82, 2.24) is 14.8 Å². The fourth-order valence-corrected chi connectivity index (χ4v) is 3.46. The van der Waals surface area contributed by atoms with Gasteiger partial charge in [-0.2, -0.15) is 10.5 Å². The number of hydrogen-bond acceptors (Lipinski definition) is 5. The topological polar surface area (TPSA) is 104 Å². The molecule has 1 saturated carbocycles. The molecule has 1 heterocycles. The van der Waals surface area contributed by atoms with Crippen LogP contribution in [0.25, 0.3) is 0 Å².